The molecule has 0 N–H and O–H groups in total. The molecule has 0 unspecified atom stereocenters. The molecule has 1 atom stereocenters. The van der Waals surface area contributed by atoms with Crippen molar-refractivity contribution in [3.63, 3.8) is 0 Å². The monoisotopic (exact) mass is 427 g/mol. The number of thiophene rings is 1. The normalized spacial score (nSPS) is 12.4. The third-order valence-electron chi connectivity index (χ3n) is 4.77. The van der Waals surface area contributed by atoms with E-state index in [1.54, 1.807) is 22.3 Å². The van der Waals surface area contributed by atoms with E-state index >= 15 is 0 Å². The van der Waals surface area contributed by atoms with Gasteiger partial charge in [-0.3, -0.25) is 4.79 Å². The molecule has 7 nitrogen and oxygen atoms in total. The van der Waals surface area contributed by atoms with Crippen molar-refractivity contribution in [2.24, 2.45) is 0 Å². The summed E-state index contributed by atoms with van der Waals surface area (Å²) in [7, 11) is 0. The second-order valence-corrected chi connectivity index (χ2v) is 9.11. The highest BCUT2D eigenvalue weighted by Gasteiger charge is 2.24. The molecule has 0 radical (unpaired) electrons. The van der Waals surface area contributed by atoms with Crippen LogP contribution in [0, 0.1) is 13.8 Å². The molecule has 4 heterocycles. The molecule has 0 aromatic carbocycles. The Morgan fingerprint density at radius 3 is 2.86 bits per heavy atom. The van der Waals surface area contributed by atoms with Crippen molar-refractivity contribution in [3.05, 3.63) is 69.6 Å². The SMILES string of the molecule is Cc1cc(C(=O)[C@H](C)Sc2nnnn2Cc2cccs2)c(C)n1Cc1ccco1. The molecule has 4 rings (SSSR count). The number of hydrogen-bond donors (Lipinski definition) is 0. The zero-order valence-electron chi connectivity index (χ0n) is 16.4. The van der Waals surface area contributed by atoms with Crippen LogP contribution in [0.25, 0.3) is 0 Å². The molecule has 0 aliphatic heterocycles. The van der Waals surface area contributed by atoms with Crippen molar-refractivity contribution >= 4 is 28.9 Å². The van der Waals surface area contributed by atoms with Gasteiger partial charge in [0.05, 0.1) is 24.6 Å². The van der Waals surface area contributed by atoms with Crippen LogP contribution in [0.3, 0.4) is 0 Å². The Morgan fingerprint density at radius 2 is 2.14 bits per heavy atom. The number of ketones is 1. The standard InChI is InChI=1S/C20H21N5O2S2/c1-13-10-18(14(2)24(13)11-16-6-4-8-27-16)19(26)15(3)29-20-21-22-23-25(20)12-17-7-5-9-28-17/h4-10,15H,11-12H2,1-3H3/t15-/m0/s1. The highest BCUT2D eigenvalue weighted by Crippen LogP contribution is 2.27. The van der Waals surface area contributed by atoms with Crippen molar-refractivity contribution in [3.8, 4) is 0 Å². The number of nitrogens with zero attached hydrogens (tertiary/aromatic N) is 5. The maximum atomic E-state index is 13.2. The predicted molar refractivity (Wildman–Crippen MR) is 113 cm³/mol. The van der Waals surface area contributed by atoms with E-state index in [1.807, 2.05) is 56.5 Å². The molecular formula is C20H21N5O2S2. The van der Waals surface area contributed by atoms with Gasteiger partial charge < -0.3 is 8.98 Å². The van der Waals surface area contributed by atoms with E-state index in [1.165, 1.54) is 16.6 Å². The van der Waals surface area contributed by atoms with Gasteiger partial charge in [-0.2, -0.15) is 0 Å². The Balaban J connectivity index is 1.50. The number of aryl methyl sites for hydroxylation is 1. The van der Waals surface area contributed by atoms with Gasteiger partial charge in [0.2, 0.25) is 5.16 Å². The number of rotatable bonds is 8. The zero-order valence-corrected chi connectivity index (χ0v) is 18.0. The molecular weight excluding hydrogens is 406 g/mol. The molecule has 0 saturated heterocycles. The lowest BCUT2D eigenvalue weighted by molar-refractivity contribution is 0.0993. The molecule has 0 aliphatic rings. The summed E-state index contributed by atoms with van der Waals surface area (Å²) in [6.45, 7) is 7.09. The van der Waals surface area contributed by atoms with Crippen molar-refractivity contribution < 1.29 is 9.21 Å². The number of tetrazole rings is 1. The second-order valence-electron chi connectivity index (χ2n) is 6.77. The first-order chi connectivity index (χ1) is 14.0. The van der Waals surface area contributed by atoms with Crippen molar-refractivity contribution in [2.45, 2.75) is 44.3 Å². The van der Waals surface area contributed by atoms with Gasteiger partial charge in [0, 0.05) is 21.8 Å². The van der Waals surface area contributed by atoms with Gasteiger partial charge in [0.25, 0.3) is 0 Å². The molecule has 9 heteroatoms. The van der Waals surface area contributed by atoms with Crippen molar-refractivity contribution in [1.29, 1.82) is 0 Å². The number of aromatic nitrogens is 5. The maximum Gasteiger partial charge on any atom is 0.210 e. The lowest BCUT2D eigenvalue weighted by Gasteiger charge is -2.11. The van der Waals surface area contributed by atoms with E-state index in [2.05, 4.69) is 20.1 Å². The van der Waals surface area contributed by atoms with Gasteiger partial charge in [0.15, 0.2) is 5.78 Å². The minimum absolute atomic E-state index is 0.0690. The first-order valence-electron chi connectivity index (χ1n) is 9.21. The second kappa shape index (κ2) is 8.38. The van der Waals surface area contributed by atoms with Crippen molar-refractivity contribution in [1.82, 2.24) is 24.8 Å². The fourth-order valence-corrected chi connectivity index (χ4v) is 4.76. The summed E-state index contributed by atoms with van der Waals surface area (Å²) >= 11 is 3.04. The highest BCUT2D eigenvalue weighted by molar-refractivity contribution is 8.00. The van der Waals surface area contributed by atoms with Gasteiger partial charge in [-0.15, -0.1) is 16.4 Å². The van der Waals surface area contributed by atoms with Crippen LogP contribution < -0.4 is 0 Å². The molecule has 4 aromatic rings. The van der Waals surface area contributed by atoms with Gasteiger partial charge >= 0.3 is 0 Å². The third-order valence-corrected chi connectivity index (χ3v) is 6.70. The molecule has 4 aromatic heterocycles. The highest BCUT2D eigenvalue weighted by atomic mass is 32.2. The molecule has 0 bridgehead atoms. The molecule has 150 valence electrons. The van der Waals surface area contributed by atoms with E-state index in [-0.39, 0.29) is 11.0 Å². The Kier molecular flexibility index (Phi) is 5.68. The van der Waals surface area contributed by atoms with E-state index in [0.29, 0.717) is 18.2 Å². The van der Waals surface area contributed by atoms with Crippen molar-refractivity contribution in [2.75, 3.05) is 0 Å². The average Bonchev–Trinajstić information content (AvgIpc) is 3.49. The summed E-state index contributed by atoms with van der Waals surface area (Å²) in [6.07, 6.45) is 1.66. The summed E-state index contributed by atoms with van der Waals surface area (Å²) in [5.74, 6) is 0.931. The van der Waals surface area contributed by atoms with E-state index < -0.39 is 0 Å². The summed E-state index contributed by atoms with van der Waals surface area (Å²) in [5, 5.41) is 14.3. The molecule has 0 aliphatic carbocycles. The summed E-state index contributed by atoms with van der Waals surface area (Å²) in [6, 6.07) is 9.80. The number of furan rings is 1. The summed E-state index contributed by atoms with van der Waals surface area (Å²) in [5.41, 5.74) is 2.70. The molecule has 0 amide bonds. The van der Waals surface area contributed by atoms with E-state index in [4.69, 9.17) is 4.42 Å². The summed E-state index contributed by atoms with van der Waals surface area (Å²) in [4.78, 5) is 14.3. The fraction of sp³-hybridized carbons (Fsp3) is 0.300. The number of hydrogen-bond acceptors (Lipinski definition) is 7. The van der Waals surface area contributed by atoms with Crippen LogP contribution in [0.4, 0.5) is 0 Å². The number of thioether (sulfide) groups is 1. The molecule has 29 heavy (non-hydrogen) atoms. The molecule has 0 spiro atoms. The van der Waals surface area contributed by atoms with Gasteiger partial charge in [0.1, 0.15) is 5.76 Å². The Morgan fingerprint density at radius 1 is 1.28 bits per heavy atom. The lowest BCUT2D eigenvalue weighted by atomic mass is 10.1. The molecule has 0 saturated carbocycles. The number of carbonyl (C=O) groups excluding carboxylic acids is 1. The van der Waals surface area contributed by atoms with Crippen LogP contribution in [0.2, 0.25) is 0 Å². The summed E-state index contributed by atoms with van der Waals surface area (Å²) < 4.78 is 9.30. The first-order valence-corrected chi connectivity index (χ1v) is 11.0. The van der Waals surface area contributed by atoms with Crippen LogP contribution in [0.1, 0.15) is 39.3 Å². The third kappa shape index (κ3) is 4.20. The van der Waals surface area contributed by atoms with E-state index in [9.17, 15) is 4.79 Å². The minimum atomic E-state index is -0.305. The predicted octanol–water partition coefficient (Wildman–Crippen LogP) is 4.21. The van der Waals surface area contributed by atoms with Gasteiger partial charge in [-0.25, -0.2) is 4.68 Å². The smallest absolute Gasteiger partial charge is 0.210 e. The van der Waals surface area contributed by atoms with Crippen LogP contribution in [0.5, 0.6) is 0 Å². The lowest BCUT2D eigenvalue weighted by Crippen LogP contribution is -2.16. The van der Waals surface area contributed by atoms with Crippen LogP contribution in [0.15, 0.2) is 51.5 Å². The van der Waals surface area contributed by atoms with Crippen LogP contribution in [-0.2, 0) is 13.1 Å². The molecule has 0 fully saturated rings. The number of Topliss-reactive ketones (excluding diaryl/α,β-unsaturated/α-hetero) is 1. The Hall–Kier alpha value is -2.65. The Labute approximate surface area is 176 Å². The Bertz CT molecular complexity index is 1100. The van der Waals surface area contributed by atoms with Gasteiger partial charge in [-0.05, 0) is 60.8 Å². The number of carbonyl (C=O) groups is 1. The first kappa shape index (κ1) is 19.7. The zero-order chi connectivity index (χ0) is 20.4. The van der Waals surface area contributed by atoms with Gasteiger partial charge in [-0.1, -0.05) is 17.8 Å². The average molecular weight is 428 g/mol. The largest absolute Gasteiger partial charge is 0.467 e. The minimum Gasteiger partial charge on any atom is -0.467 e. The fourth-order valence-electron chi connectivity index (χ4n) is 3.21. The van der Waals surface area contributed by atoms with Crippen LogP contribution >= 0.6 is 23.1 Å². The maximum absolute atomic E-state index is 13.2. The van der Waals surface area contributed by atoms with E-state index in [0.717, 1.165) is 22.7 Å². The topological polar surface area (TPSA) is 78.7 Å². The quantitative estimate of drug-likeness (QED) is 0.310. The van der Waals surface area contributed by atoms with Crippen LogP contribution in [-0.4, -0.2) is 35.8 Å².